The van der Waals surface area contributed by atoms with Gasteiger partial charge in [0, 0.05) is 44.3 Å². The fourth-order valence-electron chi connectivity index (χ4n) is 4.55. The maximum atomic E-state index is 12.8. The molecule has 2 aliphatic rings. The molecule has 1 atom stereocenters. The summed E-state index contributed by atoms with van der Waals surface area (Å²) < 4.78 is 10.6. The summed E-state index contributed by atoms with van der Waals surface area (Å²) in [4.78, 5) is 33.4. The Morgan fingerprint density at radius 3 is 2.61 bits per heavy atom. The van der Waals surface area contributed by atoms with Crippen LogP contribution in [-0.2, 0) is 9.53 Å². The molecule has 3 heterocycles. The van der Waals surface area contributed by atoms with Gasteiger partial charge < -0.3 is 19.0 Å². The van der Waals surface area contributed by atoms with Crippen LogP contribution in [0, 0.1) is 5.41 Å². The number of aromatic nitrogens is 1. The van der Waals surface area contributed by atoms with Gasteiger partial charge in [-0.3, -0.25) is 9.59 Å². The first-order chi connectivity index (χ1) is 13.6. The van der Waals surface area contributed by atoms with Crippen molar-refractivity contribution in [3.05, 3.63) is 54.2 Å². The van der Waals surface area contributed by atoms with Gasteiger partial charge in [0.05, 0.1) is 12.1 Å². The molecule has 1 unspecified atom stereocenters. The zero-order chi connectivity index (χ0) is 19.6. The van der Waals surface area contributed by atoms with Crippen molar-refractivity contribution in [2.24, 2.45) is 5.41 Å². The topological polar surface area (TPSA) is 75.9 Å². The van der Waals surface area contributed by atoms with Gasteiger partial charge in [-0.1, -0.05) is 18.2 Å². The molecule has 0 bridgehead atoms. The van der Waals surface area contributed by atoms with Crippen molar-refractivity contribution in [1.82, 2.24) is 14.8 Å². The number of hydrogen-bond donors (Lipinski definition) is 0. The Hall–Kier alpha value is -2.67. The summed E-state index contributed by atoms with van der Waals surface area (Å²) in [6.07, 6.45) is 4.86. The second kappa shape index (κ2) is 7.75. The highest BCUT2D eigenvalue weighted by molar-refractivity contribution is 5.94. The van der Waals surface area contributed by atoms with Gasteiger partial charge in [0.25, 0.3) is 5.91 Å². The monoisotopic (exact) mass is 383 g/mol. The lowest BCUT2D eigenvalue weighted by atomic mass is 9.70. The van der Waals surface area contributed by atoms with Crippen molar-refractivity contribution in [1.29, 1.82) is 0 Å². The molecule has 0 radical (unpaired) electrons. The highest BCUT2D eigenvalue weighted by Crippen LogP contribution is 2.49. The summed E-state index contributed by atoms with van der Waals surface area (Å²) in [6, 6.07) is 9.38. The number of rotatable bonds is 4. The lowest BCUT2D eigenvalue weighted by molar-refractivity contribution is -0.134. The maximum Gasteiger partial charge on any atom is 0.253 e. The van der Waals surface area contributed by atoms with E-state index in [1.807, 2.05) is 40.1 Å². The normalized spacial score (nSPS) is 21.2. The zero-order valence-electron chi connectivity index (χ0n) is 16.0. The first-order valence-corrected chi connectivity index (χ1v) is 9.63. The van der Waals surface area contributed by atoms with Crippen molar-refractivity contribution in [3.8, 4) is 0 Å². The van der Waals surface area contributed by atoms with Crippen molar-refractivity contribution < 1.29 is 18.7 Å². The van der Waals surface area contributed by atoms with Crippen molar-refractivity contribution >= 4 is 11.8 Å². The molecule has 0 aliphatic carbocycles. The summed E-state index contributed by atoms with van der Waals surface area (Å²) in [6.45, 7) is 2.63. The lowest BCUT2D eigenvalue weighted by Crippen LogP contribution is -2.46. The number of carbonyl (C=O) groups excluding carboxylic acids is 2. The van der Waals surface area contributed by atoms with E-state index in [0.29, 0.717) is 37.6 Å². The van der Waals surface area contributed by atoms with Crippen LogP contribution >= 0.6 is 0 Å². The number of hydrogen-bond acceptors (Lipinski definition) is 5. The number of ether oxygens (including phenoxy) is 1. The molecule has 148 valence electrons. The van der Waals surface area contributed by atoms with Crippen molar-refractivity contribution in [3.63, 3.8) is 0 Å². The molecule has 2 aromatic rings. The van der Waals surface area contributed by atoms with E-state index in [1.165, 1.54) is 7.11 Å². The van der Waals surface area contributed by atoms with Gasteiger partial charge >= 0.3 is 0 Å². The van der Waals surface area contributed by atoms with Crippen LogP contribution in [0.2, 0.25) is 0 Å². The van der Waals surface area contributed by atoms with E-state index in [0.717, 1.165) is 12.8 Å². The fraction of sp³-hybridized carbons (Fsp3) is 0.476. The van der Waals surface area contributed by atoms with Crippen LogP contribution in [0.5, 0.6) is 0 Å². The number of carbonyl (C=O) groups is 2. The number of likely N-dealkylation sites (tertiary alicyclic amines) is 2. The van der Waals surface area contributed by atoms with E-state index in [1.54, 1.807) is 12.5 Å². The van der Waals surface area contributed by atoms with Gasteiger partial charge in [-0.05, 0) is 25.0 Å². The average molecular weight is 383 g/mol. The second-order valence-electron chi connectivity index (χ2n) is 7.65. The summed E-state index contributed by atoms with van der Waals surface area (Å²) in [5, 5.41) is 0. The molecule has 0 saturated carbocycles. The standard InChI is InChI=1S/C21H25N3O4/c1-27-14-18(25)24-13-17(19-22-9-12-28-19)21(15-24)7-10-23(11-8-21)20(26)16-5-3-2-4-6-16/h2-6,9,12,17H,7-8,10-11,13-15H2,1H3. The van der Waals surface area contributed by atoms with Crippen LogP contribution in [0.25, 0.3) is 0 Å². The van der Waals surface area contributed by atoms with Crippen LogP contribution in [-0.4, -0.2) is 66.5 Å². The minimum Gasteiger partial charge on any atom is -0.449 e. The van der Waals surface area contributed by atoms with Crippen molar-refractivity contribution in [2.75, 3.05) is 39.9 Å². The van der Waals surface area contributed by atoms with E-state index >= 15 is 0 Å². The summed E-state index contributed by atoms with van der Waals surface area (Å²) in [7, 11) is 1.53. The Balaban J connectivity index is 1.51. The SMILES string of the molecule is COCC(=O)N1CC(c2ncco2)C2(CCN(C(=O)c3ccccc3)CC2)C1. The third-order valence-electron chi connectivity index (χ3n) is 6.09. The van der Waals surface area contributed by atoms with Gasteiger partial charge in [0.2, 0.25) is 5.91 Å². The molecule has 0 N–H and O–H groups in total. The van der Waals surface area contributed by atoms with Gasteiger partial charge in [0.15, 0.2) is 5.89 Å². The molecule has 7 nitrogen and oxygen atoms in total. The summed E-state index contributed by atoms with van der Waals surface area (Å²) in [5.41, 5.74) is 0.591. The molecule has 2 amide bonds. The van der Waals surface area contributed by atoms with Gasteiger partial charge in [0.1, 0.15) is 12.9 Å². The number of methoxy groups -OCH3 is 1. The number of benzene rings is 1. The minimum absolute atomic E-state index is 0.0151. The molecule has 1 aromatic carbocycles. The maximum absolute atomic E-state index is 12.8. The molecule has 2 saturated heterocycles. The highest BCUT2D eigenvalue weighted by Gasteiger charge is 2.52. The second-order valence-corrected chi connectivity index (χ2v) is 7.65. The zero-order valence-corrected chi connectivity index (χ0v) is 16.0. The number of nitrogens with zero attached hydrogens (tertiary/aromatic N) is 3. The Morgan fingerprint density at radius 2 is 1.96 bits per heavy atom. The molecular weight excluding hydrogens is 358 g/mol. The number of oxazole rings is 1. The Labute approximate surface area is 164 Å². The van der Waals surface area contributed by atoms with E-state index in [-0.39, 0.29) is 29.8 Å². The molecule has 2 aliphatic heterocycles. The minimum atomic E-state index is -0.123. The Kier molecular flexibility index (Phi) is 5.17. The van der Waals surface area contributed by atoms with E-state index in [9.17, 15) is 9.59 Å². The van der Waals surface area contributed by atoms with Crippen LogP contribution in [0.3, 0.4) is 0 Å². The third kappa shape index (κ3) is 3.42. The van der Waals surface area contributed by atoms with E-state index in [4.69, 9.17) is 9.15 Å². The quantitative estimate of drug-likeness (QED) is 0.809. The van der Waals surface area contributed by atoms with Gasteiger partial charge in [-0.2, -0.15) is 0 Å². The first kappa shape index (κ1) is 18.7. The molecule has 1 aromatic heterocycles. The number of amides is 2. The predicted molar refractivity (Wildman–Crippen MR) is 102 cm³/mol. The summed E-state index contributed by atoms with van der Waals surface area (Å²) in [5.74, 6) is 0.764. The van der Waals surface area contributed by atoms with Crippen LogP contribution in [0.1, 0.15) is 35.0 Å². The smallest absolute Gasteiger partial charge is 0.253 e. The number of piperidine rings is 1. The third-order valence-corrected chi connectivity index (χ3v) is 6.09. The molecule has 7 heteroatoms. The molecular formula is C21H25N3O4. The van der Waals surface area contributed by atoms with Crippen LogP contribution in [0.4, 0.5) is 0 Å². The predicted octanol–water partition coefficient (Wildman–Crippen LogP) is 2.17. The molecule has 2 fully saturated rings. The van der Waals surface area contributed by atoms with E-state index < -0.39 is 0 Å². The molecule has 4 rings (SSSR count). The van der Waals surface area contributed by atoms with E-state index in [2.05, 4.69) is 4.98 Å². The summed E-state index contributed by atoms with van der Waals surface area (Å²) >= 11 is 0. The van der Waals surface area contributed by atoms with Crippen LogP contribution in [0.15, 0.2) is 47.2 Å². The van der Waals surface area contributed by atoms with Crippen LogP contribution < -0.4 is 0 Å². The first-order valence-electron chi connectivity index (χ1n) is 9.63. The van der Waals surface area contributed by atoms with Gasteiger partial charge in [-0.15, -0.1) is 0 Å². The Morgan fingerprint density at radius 1 is 1.21 bits per heavy atom. The molecule has 1 spiro atoms. The highest BCUT2D eigenvalue weighted by atomic mass is 16.5. The lowest BCUT2D eigenvalue weighted by Gasteiger charge is -2.41. The average Bonchev–Trinajstić information content (AvgIpc) is 3.37. The Bertz CT molecular complexity index is 813. The van der Waals surface area contributed by atoms with Crippen molar-refractivity contribution in [2.45, 2.75) is 18.8 Å². The molecule has 28 heavy (non-hydrogen) atoms. The van der Waals surface area contributed by atoms with Gasteiger partial charge in [-0.25, -0.2) is 4.98 Å². The fourth-order valence-corrected chi connectivity index (χ4v) is 4.55. The largest absolute Gasteiger partial charge is 0.449 e.